The molecule has 2 unspecified atom stereocenters. The summed E-state index contributed by atoms with van der Waals surface area (Å²) in [6.45, 7) is 1.95. The molecule has 0 saturated carbocycles. The third kappa shape index (κ3) is 14.2. The quantitative estimate of drug-likeness (QED) is 0.302. The van der Waals surface area contributed by atoms with E-state index in [-0.39, 0.29) is 59.1 Å². The summed E-state index contributed by atoms with van der Waals surface area (Å²) in [5.74, 6) is -3.76. The van der Waals surface area contributed by atoms with Crippen LogP contribution < -0.4 is 80.0 Å². The van der Waals surface area contributed by atoms with Gasteiger partial charge >= 0.3 is 59.1 Å². The van der Waals surface area contributed by atoms with Crippen molar-refractivity contribution in [2.75, 3.05) is 13.1 Å². The van der Waals surface area contributed by atoms with Crippen molar-refractivity contribution in [1.82, 2.24) is 10.6 Å². The van der Waals surface area contributed by atoms with Crippen LogP contribution in [0, 0.1) is 0 Å². The fourth-order valence-electron chi connectivity index (χ4n) is 0.860. The molecule has 114 valence electrons. The van der Waals surface area contributed by atoms with Gasteiger partial charge in [0, 0.05) is 0 Å². The Kier molecular flexibility index (Phi) is 18.9. The number of aliphatic carboxylic acids is 2. The Morgan fingerprint density at radius 3 is 1.32 bits per heavy atom. The van der Waals surface area contributed by atoms with E-state index < -0.39 is 47.3 Å². The summed E-state index contributed by atoms with van der Waals surface area (Å²) >= 11 is 0. The van der Waals surface area contributed by atoms with Crippen molar-refractivity contribution in [2.45, 2.75) is 24.3 Å². The van der Waals surface area contributed by atoms with Gasteiger partial charge in [0.15, 0.2) is 0 Å². The number of rotatable bonds is 9. The van der Waals surface area contributed by atoms with Gasteiger partial charge in [0.2, 0.25) is 11.8 Å². The minimum Gasteiger partial charge on any atom is -0.548 e. The zero-order valence-electron chi connectivity index (χ0n) is 12.8. The number of carboxylic acid groups (broad SMARTS) is 2. The summed E-state index contributed by atoms with van der Waals surface area (Å²) in [5, 5.41) is 23.5. The Balaban J connectivity index is -0.00000180. The van der Waals surface area contributed by atoms with Crippen molar-refractivity contribution in [3.05, 3.63) is 0 Å². The zero-order valence-corrected chi connectivity index (χ0v) is 18.5. The van der Waals surface area contributed by atoms with E-state index in [9.17, 15) is 29.4 Å². The molecule has 0 aliphatic rings. The second-order valence-corrected chi connectivity index (χ2v) is 6.61. The number of carbonyl (C=O) groups is 4. The van der Waals surface area contributed by atoms with E-state index >= 15 is 0 Å². The predicted octanol–water partition coefficient (Wildman–Crippen LogP) is -9.12. The van der Waals surface area contributed by atoms with Crippen LogP contribution >= 0.6 is 21.6 Å². The van der Waals surface area contributed by atoms with E-state index in [4.69, 9.17) is 0 Å². The van der Waals surface area contributed by atoms with E-state index in [1.807, 2.05) is 0 Å². The molecule has 0 aromatic heterocycles. The van der Waals surface area contributed by atoms with Crippen LogP contribution in [0.3, 0.4) is 0 Å². The summed E-state index contributed by atoms with van der Waals surface area (Å²) in [6.07, 6.45) is 0. The van der Waals surface area contributed by atoms with Crippen LogP contribution in [0.2, 0.25) is 0 Å². The van der Waals surface area contributed by atoms with Crippen molar-refractivity contribution < 1.29 is 88.5 Å². The molecule has 0 bridgehead atoms. The van der Waals surface area contributed by atoms with E-state index in [1.54, 1.807) is 13.8 Å². The average molecular weight is 368 g/mol. The SMILES string of the molecule is CC(SSC(C)C(=O)NCC(=O)[O-])C(=O)NCC(=O)[O-].[Na+].[Na+]. The van der Waals surface area contributed by atoms with Crippen LogP contribution in [-0.4, -0.2) is 47.3 Å². The number of carbonyl (C=O) groups excluding carboxylic acids is 4. The molecule has 0 spiro atoms. The van der Waals surface area contributed by atoms with Crippen molar-refractivity contribution in [2.24, 2.45) is 0 Å². The van der Waals surface area contributed by atoms with Crippen LogP contribution in [-0.2, 0) is 19.2 Å². The first-order chi connectivity index (χ1) is 9.23. The molecule has 2 atom stereocenters. The third-order valence-corrected chi connectivity index (χ3v) is 5.08. The Bertz CT molecular complexity index is 364. The van der Waals surface area contributed by atoms with Gasteiger partial charge in [0.1, 0.15) is 0 Å². The second-order valence-electron chi connectivity index (χ2n) is 3.66. The normalized spacial score (nSPS) is 11.9. The largest absolute Gasteiger partial charge is 1.00 e. The predicted molar refractivity (Wildman–Crippen MR) is 70.1 cm³/mol. The monoisotopic (exact) mass is 368 g/mol. The van der Waals surface area contributed by atoms with Crippen LogP contribution in [0.4, 0.5) is 0 Å². The van der Waals surface area contributed by atoms with E-state index in [0.717, 1.165) is 21.6 Å². The van der Waals surface area contributed by atoms with Gasteiger partial charge < -0.3 is 30.4 Å². The minimum absolute atomic E-state index is 0. The molecule has 8 nitrogen and oxygen atoms in total. The number of amides is 2. The number of carboxylic acids is 2. The topological polar surface area (TPSA) is 138 Å². The summed E-state index contributed by atoms with van der Waals surface area (Å²) < 4.78 is 0. The smallest absolute Gasteiger partial charge is 0.548 e. The van der Waals surface area contributed by atoms with Crippen molar-refractivity contribution in [3.8, 4) is 0 Å². The van der Waals surface area contributed by atoms with Gasteiger partial charge in [-0.25, -0.2) is 0 Å². The zero-order chi connectivity index (χ0) is 15.7. The molecule has 22 heavy (non-hydrogen) atoms. The molecule has 0 aliphatic heterocycles. The third-order valence-electron chi connectivity index (χ3n) is 1.90. The molecule has 2 N–H and O–H groups in total. The Morgan fingerprint density at radius 2 is 1.09 bits per heavy atom. The Labute approximate surface area is 180 Å². The molecule has 0 fully saturated rings. The van der Waals surface area contributed by atoms with Gasteiger partial charge in [-0.15, -0.1) is 0 Å². The summed E-state index contributed by atoms with van der Waals surface area (Å²) in [6, 6.07) is 0. The average Bonchev–Trinajstić information content (AvgIpc) is 2.38. The molecule has 0 aromatic carbocycles. The van der Waals surface area contributed by atoms with Crippen molar-refractivity contribution in [3.63, 3.8) is 0 Å². The maximum atomic E-state index is 11.4. The van der Waals surface area contributed by atoms with Crippen LogP contribution in [0.1, 0.15) is 13.8 Å². The summed E-state index contributed by atoms with van der Waals surface area (Å²) in [7, 11) is 2.15. The first-order valence-corrected chi connectivity index (χ1v) is 7.79. The van der Waals surface area contributed by atoms with Crippen LogP contribution in [0.15, 0.2) is 0 Å². The van der Waals surface area contributed by atoms with Crippen LogP contribution in [0.25, 0.3) is 0 Å². The molecule has 0 saturated heterocycles. The number of hydrogen-bond acceptors (Lipinski definition) is 8. The van der Waals surface area contributed by atoms with Gasteiger partial charge in [0.05, 0.1) is 35.5 Å². The molecular weight excluding hydrogens is 354 g/mol. The summed E-state index contributed by atoms with van der Waals surface area (Å²) in [4.78, 5) is 43.2. The van der Waals surface area contributed by atoms with Gasteiger partial charge in [-0.05, 0) is 13.8 Å². The molecule has 0 rings (SSSR count). The Hall–Kier alpha value is 0.580. The van der Waals surface area contributed by atoms with Crippen molar-refractivity contribution in [1.29, 1.82) is 0 Å². The standard InChI is InChI=1S/C10H16N2O6S2.2Na/c1-5(9(17)11-3-7(13)14)19-20-6(2)10(18)12-4-8(15)16;;/h5-6H,3-4H2,1-2H3,(H,11,17)(H,12,18)(H,13,14)(H,15,16);;/q;2*+1/p-2. The number of hydrogen-bond donors (Lipinski definition) is 2. The summed E-state index contributed by atoms with van der Waals surface area (Å²) in [5.41, 5.74) is 0. The molecule has 2 amide bonds. The fraction of sp³-hybridized carbons (Fsp3) is 0.600. The first-order valence-electron chi connectivity index (χ1n) is 5.51. The maximum Gasteiger partial charge on any atom is 1.00 e. The van der Waals surface area contributed by atoms with Gasteiger partial charge in [-0.3, -0.25) is 9.59 Å². The number of nitrogens with one attached hydrogen (secondary N) is 2. The molecular formula is C10H14N2Na2O6S2. The fourth-order valence-corrected chi connectivity index (χ4v) is 3.06. The minimum atomic E-state index is -1.39. The van der Waals surface area contributed by atoms with E-state index in [0.29, 0.717) is 0 Å². The molecule has 0 radical (unpaired) electrons. The first kappa shape index (κ1) is 27.4. The molecule has 0 aromatic rings. The van der Waals surface area contributed by atoms with Gasteiger partial charge in [-0.2, -0.15) is 0 Å². The molecule has 0 heterocycles. The second kappa shape index (κ2) is 15.1. The van der Waals surface area contributed by atoms with Gasteiger partial charge in [-0.1, -0.05) is 21.6 Å². The van der Waals surface area contributed by atoms with Crippen LogP contribution in [0.5, 0.6) is 0 Å². The van der Waals surface area contributed by atoms with E-state index in [2.05, 4.69) is 10.6 Å². The maximum absolute atomic E-state index is 11.4. The molecule has 12 heteroatoms. The molecule has 0 aliphatic carbocycles. The Morgan fingerprint density at radius 1 is 0.818 bits per heavy atom. The van der Waals surface area contributed by atoms with Crippen molar-refractivity contribution >= 4 is 45.3 Å². The van der Waals surface area contributed by atoms with Gasteiger partial charge in [0.25, 0.3) is 0 Å². The van der Waals surface area contributed by atoms with E-state index in [1.165, 1.54) is 0 Å².